The fourth-order valence-corrected chi connectivity index (χ4v) is 2.53. The van der Waals surface area contributed by atoms with Crippen LogP contribution < -0.4 is 5.36 Å². The van der Waals surface area contributed by atoms with E-state index in [4.69, 9.17) is 17.0 Å². The van der Waals surface area contributed by atoms with E-state index in [1.165, 1.54) is 11.5 Å². The molecule has 3 aromatic rings. The third kappa shape index (κ3) is 1.88. The molecule has 1 aromatic carbocycles. The second-order valence-electron chi connectivity index (χ2n) is 3.48. The molecule has 0 amide bonds. The van der Waals surface area contributed by atoms with E-state index in [1.807, 2.05) is 23.6 Å². The summed E-state index contributed by atoms with van der Waals surface area (Å²) in [6.07, 6.45) is 1.70. The van der Waals surface area contributed by atoms with Crippen LogP contribution in [0.4, 0.5) is 0 Å². The van der Waals surface area contributed by atoms with Crippen molar-refractivity contribution in [3.05, 3.63) is 40.2 Å². The molecule has 0 unspecified atom stereocenters. The topological polar surface area (TPSA) is 55.4 Å². The van der Waals surface area contributed by atoms with Gasteiger partial charge in [-0.25, -0.2) is 0 Å². The summed E-state index contributed by atoms with van der Waals surface area (Å²) in [5.74, 6) is 0. The molecule has 0 saturated heterocycles. The minimum Gasteiger partial charge on any atom is -0.358 e. The van der Waals surface area contributed by atoms with Crippen molar-refractivity contribution >= 4 is 57.3 Å². The lowest BCUT2D eigenvalue weighted by Gasteiger charge is -1.87. The lowest BCUT2D eigenvalue weighted by Crippen LogP contribution is -1.94. The van der Waals surface area contributed by atoms with Crippen molar-refractivity contribution in [2.24, 2.45) is 0 Å². The first-order valence-electron chi connectivity index (χ1n) is 4.74. The molecule has 6 heteroatoms. The van der Waals surface area contributed by atoms with Crippen molar-refractivity contribution in [2.45, 2.75) is 0 Å². The third-order valence-electron chi connectivity index (χ3n) is 2.55. The zero-order chi connectivity index (χ0) is 11.1. The number of hydrogen-bond donors (Lipinski definition) is 3. The summed E-state index contributed by atoms with van der Waals surface area (Å²) in [6.45, 7) is 0. The van der Waals surface area contributed by atoms with Crippen LogP contribution in [-0.4, -0.2) is 9.36 Å². The highest BCUT2D eigenvalue weighted by molar-refractivity contribution is 7.03. The number of hydrogen-bond acceptors (Lipinski definition) is 2. The Labute approximate surface area is 112 Å². The molecule has 17 heavy (non-hydrogen) atoms. The number of nitrogens with one attached hydrogen (secondary N) is 3. The van der Waals surface area contributed by atoms with Gasteiger partial charge in [0.15, 0.2) is 0 Å². The van der Waals surface area contributed by atoms with Gasteiger partial charge in [0, 0.05) is 22.3 Å². The molecule has 2 aromatic heterocycles. The third-order valence-corrected chi connectivity index (χ3v) is 3.38. The lowest BCUT2D eigenvalue weighted by atomic mass is 10.3. The van der Waals surface area contributed by atoms with Crippen LogP contribution in [0.2, 0.25) is 5.02 Å². The average molecular weight is 286 g/mol. The van der Waals surface area contributed by atoms with Gasteiger partial charge in [-0.05, 0) is 18.2 Å². The number of aromatic nitrogens is 2. The molecule has 0 atom stereocenters. The van der Waals surface area contributed by atoms with E-state index >= 15 is 0 Å². The number of H-pyrrole nitrogens is 2. The van der Waals surface area contributed by atoms with Gasteiger partial charge in [0.2, 0.25) is 0 Å². The van der Waals surface area contributed by atoms with Crippen LogP contribution in [0.25, 0.3) is 21.8 Å². The Bertz CT molecular complexity index is 754. The van der Waals surface area contributed by atoms with Crippen molar-refractivity contribution in [2.75, 3.05) is 0 Å². The van der Waals surface area contributed by atoms with Gasteiger partial charge in [0.05, 0.1) is 21.4 Å². The monoisotopic (exact) mass is 285 g/mol. The first-order valence-corrected chi connectivity index (χ1v) is 6.00. The van der Waals surface area contributed by atoms with Crippen molar-refractivity contribution in [3.63, 3.8) is 0 Å². The van der Waals surface area contributed by atoms with Gasteiger partial charge >= 0.3 is 0 Å². The Morgan fingerprint density at radius 2 is 1.94 bits per heavy atom. The maximum absolute atomic E-state index is 8.08. The van der Waals surface area contributed by atoms with E-state index in [9.17, 15) is 0 Å². The van der Waals surface area contributed by atoms with Gasteiger partial charge in [0.1, 0.15) is 0 Å². The quantitative estimate of drug-likeness (QED) is 0.562. The molecular weight excluding hydrogens is 277 g/mol. The molecule has 0 aliphatic carbocycles. The predicted octanol–water partition coefficient (Wildman–Crippen LogP) is 3.83. The van der Waals surface area contributed by atoms with Crippen molar-refractivity contribution in [1.82, 2.24) is 9.36 Å². The molecule has 88 valence electrons. The van der Waals surface area contributed by atoms with Gasteiger partial charge in [-0.3, -0.25) is 5.41 Å². The molecular formula is C11H9Cl2N3S. The molecule has 3 nitrogen and oxygen atoms in total. The largest absolute Gasteiger partial charge is 0.358 e. The molecule has 2 heterocycles. The number of rotatable bonds is 0. The highest BCUT2D eigenvalue weighted by atomic mass is 35.5. The summed E-state index contributed by atoms with van der Waals surface area (Å²) < 4.78 is 3.21. The second kappa shape index (κ2) is 4.56. The minimum absolute atomic E-state index is 0. The summed E-state index contributed by atoms with van der Waals surface area (Å²) in [5.41, 5.74) is 1.78. The number of aromatic amines is 2. The van der Waals surface area contributed by atoms with Gasteiger partial charge < -0.3 is 9.36 Å². The fourth-order valence-electron chi connectivity index (χ4n) is 1.80. The maximum atomic E-state index is 8.08. The number of halogens is 2. The summed E-state index contributed by atoms with van der Waals surface area (Å²) >= 11 is 7.42. The minimum atomic E-state index is 0. The summed E-state index contributed by atoms with van der Waals surface area (Å²) in [4.78, 5) is 3.07. The maximum Gasteiger partial charge on any atom is 0.0875 e. The van der Waals surface area contributed by atoms with Crippen LogP contribution >= 0.6 is 35.5 Å². The summed E-state index contributed by atoms with van der Waals surface area (Å²) in [7, 11) is 0. The Hall–Kier alpha value is -1.23. The SMILES string of the molecule is Cl.N=c1c2ccs[nH]c2c2ccc(Cl)c[nH]c12. The average Bonchev–Trinajstić information content (AvgIpc) is 2.46. The fraction of sp³-hybridized carbons (Fsp3) is 0. The van der Waals surface area contributed by atoms with E-state index in [0.29, 0.717) is 10.4 Å². The predicted molar refractivity (Wildman–Crippen MR) is 75.0 cm³/mol. The molecule has 0 saturated carbocycles. The highest BCUT2D eigenvalue weighted by Crippen LogP contribution is 2.21. The van der Waals surface area contributed by atoms with E-state index in [-0.39, 0.29) is 12.4 Å². The molecule has 0 bridgehead atoms. The van der Waals surface area contributed by atoms with Crippen LogP contribution in [0.3, 0.4) is 0 Å². The zero-order valence-electron chi connectivity index (χ0n) is 8.58. The summed E-state index contributed by atoms with van der Waals surface area (Å²) in [6, 6.07) is 5.71. The highest BCUT2D eigenvalue weighted by Gasteiger charge is 2.06. The van der Waals surface area contributed by atoms with E-state index in [0.717, 1.165) is 21.8 Å². The van der Waals surface area contributed by atoms with Crippen LogP contribution in [0.1, 0.15) is 0 Å². The molecule has 3 rings (SSSR count). The van der Waals surface area contributed by atoms with Crippen LogP contribution in [0, 0.1) is 5.41 Å². The molecule has 0 fully saturated rings. The van der Waals surface area contributed by atoms with Crippen molar-refractivity contribution < 1.29 is 0 Å². The van der Waals surface area contributed by atoms with Gasteiger partial charge in [0.25, 0.3) is 0 Å². The van der Waals surface area contributed by atoms with Gasteiger partial charge in [-0.1, -0.05) is 23.1 Å². The van der Waals surface area contributed by atoms with Crippen LogP contribution in [0.5, 0.6) is 0 Å². The van der Waals surface area contributed by atoms with E-state index < -0.39 is 0 Å². The molecule has 3 N–H and O–H groups in total. The van der Waals surface area contributed by atoms with Crippen molar-refractivity contribution in [1.29, 1.82) is 5.41 Å². The summed E-state index contributed by atoms with van der Waals surface area (Å²) in [5, 5.41) is 13.1. The van der Waals surface area contributed by atoms with Crippen LogP contribution in [0.15, 0.2) is 29.8 Å². The van der Waals surface area contributed by atoms with E-state index in [2.05, 4.69) is 9.36 Å². The first-order chi connectivity index (χ1) is 7.77. The Balaban J connectivity index is 0.00000108. The number of fused-ring (bicyclic) bond motifs is 3. The first kappa shape index (κ1) is 12.2. The van der Waals surface area contributed by atoms with Crippen LogP contribution in [-0.2, 0) is 0 Å². The molecule has 0 aliphatic rings. The molecule has 0 radical (unpaired) electrons. The smallest absolute Gasteiger partial charge is 0.0875 e. The zero-order valence-corrected chi connectivity index (χ0v) is 11.0. The Kier molecular flexibility index (Phi) is 3.28. The van der Waals surface area contributed by atoms with Gasteiger partial charge in [-0.15, -0.1) is 12.4 Å². The lowest BCUT2D eigenvalue weighted by molar-refractivity contribution is 1.31. The molecule has 0 aliphatic heterocycles. The second-order valence-corrected chi connectivity index (χ2v) is 4.63. The van der Waals surface area contributed by atoms with Crippen molar-refractivity contribution in [3.8, 4) is 0 Å². The normalized spacial score (nSPS) is 10.4. The molecule has 0 spiro atoms. The standard InChI is InChI=1S/C11H8ClN3S.ClH/c12-6-1-2-8-10-7(3-4-16-15-10)9(13)11(8)14-5-6;/h1-5,13-15H;1H. The Morgan fingerprint density at radius 3 is 2.76 bits per heavy atom. The Morgan fingerprint density at radius 1 is 1.12 bits per heavy atom. The van der Waals surface area contributed by atoms with E-state index in [1.54, 1.807) is 6.20 Å². The van der Waals surface area contributed by atoms with Gasteiger partial charge in [-0.2, -0.15) is 0 Å².